The van der Waals surface area contributed by atoms with Crippen molar-refractivity contribution in [2.45, 2.75) is 6.54 Å². The quantitative estimate of drug-likeness (QED) is 0.749. The Bertz CT molecular complexity index is 312. The SMILES string of the molecule is CN1CCNc2cc(Br)ccc2C1. The molecular formula is C10H13BrN2. The van der Waals surface area contributed by atoms with Crippen LogP contribution in [0.4, 0.5) is 5.69 Å². The van der Waals surface area contributed by atoms with Crippen LogP contribution in [-0.4, -0.2) is 25.0 Å². The molecule has 1 aliphatic heterocycles. The number of nitrogens with one attached hydrogen (secondary N) is 1. The van der Waals surface area contributed by atoms with E-state index in [-0.39, 0.29) is 0 Å². The highest BCUT2D eigenvalue weighted by Gasteiger charge is 2.09. The molecule has 70 valence electrons. The van der Waals surface area contributed by atoms with Crippen LogP contribution < -0.4 is 5.32 Å². The van der Waals surface area contributed by atoms with Gasteiger partial charge >= 0.3 is 0 Å². The van der Waals surface area contributed by atoms with Crippen molar-refractivity contribution < 1.29 is 0 Å². The Hall–Kier alpha value is -0.540. The summed E-state index contributed by atoms with van der Waals surface area (Å²) in [6.07, 6.45) is 0. The van der Waals surface area contributed by atoms with Crippen molar-refractivity contribution in [1.82, 2.24) is 4.90 Å². The smallest absolute Gasteiger partial charge is 0.0397 e. The summed E-state index contributed by atoms with van der Waals surface area (Å²) in [4.78, 5) is 2.33. The number of likely N-dealkylation sites (N-methyl/N-ethyl adjacent to an activating group) is 1. The summed E-state index contributed by atoms with van der Waals surface area (Å²) in [5, 5.41) is 3.42. The molecule has 13 heavy (non-hydrogen) atoms. The lowest BCUT2D eigenvalue weighted by Crippen LogP contribution is -2.20. The fourth-order valence-corrected chi connectivity index (χ4v) is 1.96. The predicted molar refractivity (Wildman–Crippen MR) is 59.0 cm³/mol. The van der Waals surface area contributed by atoms with Crippen LogP contribution in [0.5, 0.6) is 0 Å². The third kappa shape index (κ3) is 2.03. The summed E-state index contributed by atoms with van der Waals surface area (Å²) in [5.41, 5.74) is 2.64. The first-order chi connectivity index (χ1) is 6.25. The van der Waals surface area contributed by atoms with Crippen LogP contribution in [-0.2, 0) is 6.54 Å². The number of hydrogen-bond donors (Lipinski definition) is 1. The Morgan fingerprint density at radius 3 is 3.15 bits per heavy atom. The van der Waals surface area contributed by atoms with Gasteiger partial charge in [-0.3, -0.25) is 0 Å². The molecule has 1 heterocycles. The average Bonchev–Trinajstić information content (AvgIpc) is 2.25. The van der Waals surface area contributed by atoms with Crippen molar-refractivity contribution in [3.8, 4) is 0 Å². The number of benzene rings is 1. The van der Waals surface area contributed by atoms with Crippen LogP contribution >= 0.6 is 15.9 Å². The minimum absolute atomic E-state index is 1.03. The maximum absolute atomic E-state index is 3.48. The second-order valence-electron chi connectivity index (χ2n) is 3.47. The van der Waals surface area contributed by atoms with E-state index in [1.165, 1.54) is 11.3 Å². The van der Waals surface area contributed by atoms with Gasteiger partial charge in [0.05, 0.1) is 0 Å². The molecule has 0 saturated heterocycles. The lowest BCUT2D eigenvalue weighted by atomic mass is 10.2. The molecule has 0 aliphatic carbocycles. The van der Waals surface area contributed by atoms with Gasteiger partial charge in [0.2, 0.25) is 0 Å². The summed E-state index contributed by atoms with van der Waals surface area (Å²) in [7, 11) is 2.15. The van der Waals surface area contributed by atoms with E-state index in [1.807, 2.05) is 0 Å². The summed E-state index contributed by atoms with van der Waals surface area (Å²) in [6, 6.07) is 6.42. The van der Waals surface area contributed by atoms with Crippen LogP contribution in [0, 0.1) is 0 Å². The zero-order chi connectivity index (χ0) is 9.26. The van der Waals surface area contributed by atoms with E-state index in [4.69, 9.17) is 0 Å². The second-order valence-corrected chi connectivity index (χ2v) is 4.38. The van der Waals surface area contributed by atoms with E-state index >= 15 is 0 Å². The van der Waals surface area contributed by atoms with Crippen molar-refractivity contribution in [2.75, 3.05) is 25.5 Å². The van der Waals surface area contributed by atoms with Gasteiger partial charge in [-0.25, -0.2) is 0 Å². The number of rotatable bonds is 0. The maximum atomic E-state index is 3.48. The molecule has 1 aromatic rings. The first-order valence-corrected chi connectivity index (χ1v) is 5.26. The van der Waals surface area contributed by atoms with Gasteiger partial charge in [0.25, 0.3) is 0 Å². The van der Waals surface area contributed by atoms with Gasteiger partial charge in [-0.1, -0.05) is 22.0 Å². The van der Waals surface area contributed by atoms with Crippen LogP contribution in [0.3, 0.4) is 0 Å². The van der Waals surface area contributed by atoms with E-state index in [0.29, 0.717) is 0 Å². The van der Waals surface area contributed by atoms with Crippen molar-refractivity contribution >= 4 is 21.6 Å². The number of halogens is 1. The number of nitrogens with zero attached hydrogens (tertiary/aromatic N) is 1. The number of anilines is 1. The van der Waals surface area contributed by atoms with E-state index in [1.54, 1.807) is 0 Å². The molecule has 0 aromatic heterocycles. The lowest BCUT2D eigenvalue weighted by molar-refractivity contribution is 0.346. The van der Waals surface area contributed by atoms with Gasteiger partial charge in [0.15, 0.2) is 0 Å². The van der Waals surface area contributed by atoms with E-state index in [2.05, 4.69) is 51.4 Å². The van der Waals surface area contributed by atoms with Crippen molar-refractivity contribution in [3.05, 3.63) is 28.2 Å². The molecular weight excluding hydrogens is 228 g/mol. The molecule has 1 aromatic carbocycles. The highest BCUT2D eigenvalue weighted by atomic mass is 79.9. The summed E-state index contributed by atoms with van der Waals surface area (Å²) in [5.74, 6) is 0. The molecule has 1 N–H and O–H groups in total. The van der Waals surface area contributed by atoms with Gasteiger partial charge in [-0.05, 0) is 24.7 Å². The zero-order valence-corrected chi connectivity index (χ0v) is 9.26. The normalized spacial score (nSPS) is 17.4. The van der Waals surface area contributed by atoms with Gasteiger partial charge in [-0.15, -0.1) is 0 Å². The van der Waals surface area contributed by atoms with E-state index < -0.39 is 0 Å². The molecule has 0 spiro atoms. The van der Waals surface area contributed by atoms with E-state index in [9.17, 15) is 0 Å². The molecule has 0 radical (unpaired) electrons. The van der Waals surface area contributed by atoms with Crippen LogP contribution in [0.2, 0.25) is 0 Å². The summed E-state index contributed by atoms with van der Waals surface area (Å²) < 4.78 is 1.14. The predicted octanol–water partition coefficient (Wildman–Crippen LogP) is 2.31. The van der Waals surface area contributed by atoms with Crippen LogP contribution in [0.1, 0.15) is 5.56 Å². The number of fused-ring (bicyclic) bond motifs is 1. The molecule has 0 atom stereocenters. The minimum atomic E-state index is 1.03. The molecule has 0 unspecified atom stereocenters. The Morgan fingerprint density at radius 1 is 1.46 bits per heavy atom. The highest BCUT2D eigenvalue weighted by Crippen LogP contribution is 2.23. The third-order valence-corrected chi connectivity index (χ3v) is 2.81. The standard InChI is InChI=1S/C10H13BrN2/c1-13-5-4-12-10-6-9(11)3-2-8(10)7-13/h2-3,6,12H,4-5,7H2,1H3. The Balaban J connectivity index is 2.34. The fraction of sp³-hybridized carbons (Fsp3) is 0.400. The average molecular weight is 241 g/mol. The molecule has 0 fully saturated rings. The van der Waals surface area contributed by atoms with Crippen molar-refractivity contribution in [1.29, 1.82) is 0 Å². The maximum Gasteiger partial charge on any atom is 0.0397 e. The van der Waals surface area contributed by atoms with Crippen LogP contribution in [0.25, 0.3) is 0 Å². The molecule has 1 aliphatic rings. The highest BCUT2D eigenvalue weighted by molar-refractivity contribution is 9.10. The number of hydrogen-bond acceptors (Lipinski definition) is 2. The molecule has 0 saturated carbocycles. The van der Waals surface area contributed by atoms with Gasteiger partial charge in [0.1, 0.15) is 0 Å². The Kier molecular flexibility index (Phi) is 2.56. The third-order valence-electron chi connectivity index (χ3n) is 2.32. The van der Waals surface area contributed by atoms with Crippen molar-refractivity contribution in [3.63, 3.8) is 0 Å². The molecule has 3 heteroatoms. The lowest BCUT2D eigenvalue weighted by Gasteiger charge is -2.12. The van der Waals surface area contributed by atoms with Gasteiger partial charge in [0, 0.05) is 29.8 Å². The minimum Gasteiger partial charge on any atom is -0.383 e. The largest absolute Gasteiger partial charge is 0.383 e. The topological polar surface area (TPSA) is 15.3 Å². The fourth-order valence-electron chi connectivity index (χ4n) is 1.60. The molecule has 2 nitrogen and oxygen atoms in total. The van der Waals surface area contributed by atoms with Gasteiger partial charge < -0.3 is 10.2 Å². The first kappa shape index (κ1) is 9.03. The monoisotopic (exact) mass is 240 g/mol. The van der Waals surface area contributed by atoms with E-state index in [0.717, 1.165) is 24.1 Å². The van der Waals surface area contributed by atoms with Crippen LogP contribution in [0.15, 0.2) is 22.7 Å². The zero-order valence-electron chi connectivity index (χ0n) is 7.68. The Labute approximate surface area is 87.1 Å². The summed E-state index contributed by atoms with van der Waals surface area (Å²) in [6.45, 7) is 3.17. The van der Waals surface area contributed by atoms with Crippen molar-refractivity contribution in [2.24, 2.45) is 0 Å². The molecule has 2 rings (SSSR count). The Morgan fingerprint density at radius 2 is 2.31 bits per heavy atom. The second kappa shape index (κ2) is 3.68. The summed E-state index contributed by atoms with van der Waals surface area (Å²) >= 11 is 3.48. The van der Waals surface area contributed by atoms with Gasteiger partial charge in [-0.2, -0.15) is 0 Å². The molecule has 0 amide bonds. The first-order valence-electron chi connectivity index (χ1n) is 4.46. The molecule has 0 bridgehead atoms.